The molecule has 4 nitrogen and oxygen atoms in total. The van der Waals surface area contributed by atoms with Gasteiger partial charge in [-0.1, -0.05) is 34.6 Å². The molecule has 16 heavy (non-hydrogen) atoms. The summed E-state index contributed by atoms with van der Waals surface area (Å²) < 4.78 is 0.00783. The van der Waals surface area contributed by atoms with E-state index in [0.29, 0.717) is 5.75 Å². The molecule has 0 unspecified atom stereocenters. The molecule has 0 heterocycles. The summed E-state index contributed by atoms with van der Waals surface area (Å²) in [6, 6.07) is -0.798. The minimum atomic E-state index is -0.982. The normalized spacial score (nSPS) is 13.6. The molecule has 0 aromatic heterocycles. The molecule has 0 aromatic rings. The Kier molecular flexibility index (Phi) is 5.86. The highest BCUT2D eigenvalue weighted by atomic mass is 32.2. The number of hydrogen-bond donors (Lipinski definition) is 2. The van der Waals surface area contributed by atoms with Crippen molar-refractivity contribution in [3.05, 3.63) is 0 Å². The summed E-state index contributed by atoms with van der Waals surface area (Å²) in [7, 11) is 0. The van der Waals surface area contributed by atoms with Crippen molar-refractivity contribution < 1.29 is 14.7 Å². The van der Waals surface area contributed by atoms with Crippen LogP contribution in [-0.2, 0) is 9.59 Å². The van der Waals surface area contributed by atoms with Crippen LogP contribution >= 0.6 is 11.8 Å². The molecule has 5 heteroatoms. The Bertz CT molecular complexity index is 258. The lowest BCUT2D eigenvalue weighted by Gasteiger charge is -2.20. The Morgan fingerprint density at radius 2 is 1.81 bits per heavy atom. The highest BCUT2D eigenvalue weighted by molar-refractivity contribution is 8.01. The Labute approximate surface area is 101 Å². The number of carbonyl (C=O) groups is 2. The molecule has 0 fully saturated rings. The first-order valence-corrected chi connectivity index (χ1v) is 6.28. The summed E-state index contributed by atoms with van der Waals surface area (Å²) >= 11 is 1.50. The Balaban J connectivity index is 4.17. The predicted octanol–water partition coefficient (Wildman–Crippen LogP) is 1.74. The van der Waals surface area contributed by atoms with Crippen LogP contribution in [0.1, 0.15) is 34.6 Å². The van der Waals surface area contributed by atoms with Crippen molar-refractivity contribution in [3.8, 4) is 0 Å². The van der Waals surface area contributed by atoms with Crippen LogP contribution in [-0.4, -0.2) is 33.5 Å². The van der Waals surface area contributed by atoms with Gasteiger partial charge in [0.25, 0.3) is 0 Å². The van der Waals surface area contributed by atoms with E-state index in [-0.39, 0.29) is 16.6 Å². The van der Waals surface area contributed by atoms with Crippen LogP contribution in [0.3, 0.4) is 0 Å². The van der Waals surface area contributed by atoms with E-state index in [9.17, 15) is 9.59 Å². The number of thioether (sulfide) groups is 1. The van der Waals surface area contributed by atoms with Gasteiger partial charge >= 0.3 is 5.97 Å². The van der Waals surface area contributed by atoms with E-state index in [2.05, 4.69) is 5.32 Å². The largest absolute Gasteiger partial charge is 0.480 e. The minimum Gasteiger partial charge on any atom is -0.480 e. The third-order valence-corrected chi connectivity index (χ3v) is 3.16. The quantitative estimate of drug-likeness (QED) is 0.776. The monoisotopic (exact) mass is 247 g/mol. The van der Waals surface area contributed by atoms with Gasteiger partial charge in [0.15, 0.2) is 0 Å². The van der Waals surface area contributed by atoms with Gasteiger partial charge in [0.1, 0.15) is 6.04 Å². The van der Waals surface area contributed by atoms with E-state index >= 15 is 0 Å². The first kappa shape index (κ1) is 15.3. The Hall–Kier alpha value is -0.710. The molecular weight excluding hydrogens is 226 g/mol. The Morgan fingerprint density at radius 1 is 1.31 bits per heavy atom. The minimum absolute atomic E-state index is 0.00783. The van der Waals surface area contributed by atoms with E-state index in [1.807, 2.05) is 20.8 Å². The molecule has 0 aliphatic carbocycles. The average molecular weight is 247 g/mol. The van der Waals surface area contributed by atoms with Crippen molar-refractivity contribution in [1.29, 1.82) is 0 Å². The van der Waals surface area contributed by atoms with Gasteiger partial charge in [-0.3, -0.25) is 4.79 Å². The standard InChI is InChI=1S/C11H21NO3S/c1-7(2)9(10(14)15)12-8(13)6-16-11(3,4)5/h7,9H,6H2,1-5H3,(H,12,13)(H,14,15)/t9-/m0/s1. The molecule has 0 aliphatic rings. The Morgan fingerprint density at radius 3 is 2.12 bits per heavy atom. The van der Waals surface area contributed by atoms with Crippen LogP contribution in [0, 0.1) is 5.92 Å². The van der Waals surface area contributed by atoms with E-state index in [4.69, 9.17) is 5.11 Å². The number of carboxylic acids is 1. The van der Waals surface area contributed by atoms with Crippen molar-refractivity contribution in [2.45, 2.75) is 45.4 Å². The van der Waals surface area contributed by atoms with Crippen molar-refractivity contribution in [2.75, 3.05) is 5.75 Å². The number of aliphatic carboxylic acids is 1. The summed E-state index contributed by atoms with van der Waals surface area (Å²) in [4.78, 5) is 22.4. The number of hydrogen-bond acceptors (Lipinski definition) is 3. The van der Waals surface area contributed by atoms with E-state index in [1.165, 1.54) is 11.8 Å². The van der Waals surface area contributed by atoms with Crippen molar-refractivity contribution >= 4 is 23.6 Å². The van der Waals surface area contributed by atoms with Crippen LogP contribution in [0.15, 0.2) is 0 Å². The van der Waals surface area contributed by atoms with Crippen LogP contribution in [0.5, 0.6) is 0 Å². The summed E-state index contributed by atoms with van der Waals surface area (Å²) in [6.07, 6.45) is 0. The number of rotatable bonds is 5. The summed E-state index contributed by atoms with van der Waals surface area (Å²) in [5.41, 5.74) is 0. The van der Waals surface area contributed by atoms with Gasteiger partial charge in [-0.25, -0.2) is 4.79 Å². The van der Waals surface area contributed by atoms with Crippen LogP contribution in [0.25, 0.3) is 0 Å². The number of amides is 1. The highest BCUT2D eigenvalue weighted by Gasteiger charge is 2.24. The van der Waals surface area contributed by atoms with Crippen molar-refractivity contribution in [3.63, 3.8) is 0 Å². The smallest absolute Gasteiger partial charge is 0.326 e. The first-order valence-electron chi connectivity index (χ1n) is 5.29. The zero-order chi connectivity index (χ0) is 12.9. The van der Waals surface area contributed by atoms with Crippen LogP contribution in [0.4, 0.5) is 0 Å². The lowest BCUT2D eigenvalue weighted by Crippen LogP contribution is -2.45. The molecule has 0 bridgehead atoms. The van der Waals surface area contributed by atoms with Crippen LogP contribution in [0.2, 0.25) is 0 Å². The molecule has 0 radical (unpaired) electrons. The highest BCUT2D eigenvalue weighted by Crippen LogP contribution is 2.22. The van der Waals surface area contributed by atoms with Gasteiger partial charge in [-0.15, -0.1) is 11.8 Å². The van der Waals surface area contributed by atoms with Gasteiger partial charge in [-0.2, -0.15) is 0 Å². The predicted molar refractivity (Wildman–Crippen MR) is 66.6 cm³/mol. The van der Waals surface area contributed by atoms with Crippen molar-refractivity contribution in [1.82, 2.24) is 5.32 Å². The second-order valence-corrected chi connectivity index (χ2v) is 6.83. The fourth-order valence-corrected chi connectivity index (χ4v) is 1.66. The van der Waals surface area contributed by atoms with Crippen molar-refractivity contribution in [2.24, 2.45) is 5.92 Å². The molecule has 2 N–H and O–H groups in total. The maximum absolute atomic E-state index is 11.5. The molecule has 0 aliphatic heterocycles. The number of nitrogens with one attached hydrogen (secondary N) is 1. The third-order valence-electron chi connectivity index (χ3n) is 1.89. The van der Waals surface area contributed by atoms with E-state index < -0.39 is 12.0 Å². The maximum Gasteiger partial charge on any atom is 0.326 e. The third kappa shape index (κ3) is 6.71. The van der Waals surface area contributed by atoms with E-state index in [0.717, 1.165) is 0 Å². The average Bonchev–Trinajstić information content (AvgIpc) is 2.08. The van der Waals surface area contributed by atoms with Gasteiger partial charge in [0.2, 0.25) is 5.91 Å². The zero-order valence-corrected chi connectivity index (χ0v) is 11.4. The lowest BCUT2D eigenvalue weighted by atomic mass is 10.1. The molecule has 0 spiro atoms. The molecule has 0 aromatic carbocycles. The van der Waals surface area contributed by atoms with Gasteiger partial charge in [0, 0.05) is 4.75 Å². The summed E-state index contributed by atoms with van der Waals surface area (Å²) in [6.45, 7) is 9.60. The summed E-state index contributed by atoms with van der Waals surface area (Å²) in [5.74, 6) is -1.02. The first-order chi connectivity index (χ1) is 7.13. The molecule has 94 valence electrons. The fraction of sp³-hybridized carbons (Fsp3) is 0.818. The number of carboxylic acid groups (broad SMARTS) is 1. The molecule has 1 atom stereocenters. The second kappa shape index (κ2) is 6.13. The van der Waals surface area contributed by atoms with Gasteiger partial charge in [0.05, 0.1) is 5.75 Å². The second-order valence-electron chi connectivity index (χ2n) is 5.03. The molecule has 0 saturated heterocycles. The lowest BCUT2D eigenvalue weighted by molar-refractivity contribution is -0.142. The topological polar surface area (TPSA) is 66.4 Å². The molecule has 1 amide bonds. The maximum atomic E-state index is 11.5. The van der Waals surface area contributed by atoms with Gasteiger partial charge in [-0.05, 0) is 5.92 Å². The SMILES string of the molecule is CC(C)[C@H](NC(=O)CSC(C)(C)C)C(=O)O. The fourth-order valence-electron chi connectivity index (χ4n) is 1.01. The number of carbonyl (C=O) groups excluding carboxylic acids is 1. The van der Waals surface area contributed by atoms with Crippen LogP contribution < -0.4 is 5.32 Å². The molecule has 0 saturated carbocycles. The summed E-state index contributed by atoms with van der Waals surface area (Å²) in [5, 5.41) is 11.4. The van der Waals surface area contributed by atoms with E-state index in [1.54, 1.807) is 13.8 Å². The molecular formula is C11H21NO3S. The van der Waals surface area contributed by atoms with Gasteiger partial charge < -0.3 is 10.4 Å². The molecule has 0 rings (SSSR count). The zero-order valence-electron chi connectivity index (χ0n) is 10.5.